The molecule has 1 aromatic carbocycles. The van der Waals surface area contributed by atoms with E-state index in [1.54, 1.807) is 0 Å². The number of nitrogens with two attached hydrogens (primary N) is 1. The Morgan fingerprint density at radius 2 is 2.05 bits per heavy atom. The van der Waals surface area contributed by atoms with Gasteiger partial charge in [-0.1, -0.05) is 5.21 Å². The standard InChI is InChI=1S/C9H8BrF2N5O2S/c1-17-9(8(10)14-16-17)20(18,19)15-7-5(12)2-4(11)3-6(7)13/h2-3,15H,13H2,1H3. The molecule has 0 saturated carbocycles. The highest BCUT2D eigenvalue weighted by Crippen LogP contribution is 2.28. The van der Waals surface area contributed by atoms with Gasteiger partial charge in [-0.05, 0) is 22.0 Å². The molecule has 0 aliphatic heterocycles. The topological polar surface area (TPSA) is 103 Å². The van der Waals surface area contributed by atoms with Crippen LogP contribution in [0, 0.1) is 11.6 Å². The Morgan fingerprint density at radius 1 is 1.40 bits per heavy atom. The summed E-state index contributed by atoms with van der Waals surface area (Å²) in [6.45, 7) is 0. The summed E-state index contributed by atoms with van der Waals surface area (Å²) in [5.41, 5.74) is 4.48. The summed E-state index contributed by atoms with van der Waals surface area (Å²) in [6.07, 6.45) is 0. The molecule has 2 aromatic rings. The number of hydrogen-bond acceptors (Lipinski definition) is 5. The monoisotopic (exact) mass is 367 g/mol. The smallest absolute Gasteiger partial charge is 0.282 e. The van der Waals surface area contributed by atoms with E-state index in [-0.39, 0.29) is 15.3 Å². The van der Waals surface area contributed by atoms with Crippen LogP contribution in [-0.2, 0) is 17.1 Å². The predicted molar refractivity (Wildman–Crippen MR) is 70.3 cm³/mol. The minimum Gasteiger partial charge on any atom is -0.397 e. The SMILES string of the molecule is Cn1nnc(Br)c1S(=O)(=O)Nc1c(N)cc(F)cc1F. The van der Waals surface area contributed by atoms with Gasteiger partial charge in [0.1, 0.15) is 11.5 Å². The van der Waals surface area contributed by atoms with Gasteiger partial charge in [0.25, 0.3) is 10.0 Å². The number of sulfonamides is 1. The number of benzene rings is 1. The molecule has 0 atom stereocenters. The second-order valence-electron chi connectivity index (χ2n) is 3.77. The van der Waals surface area contributed by atoms with Crippen LogP contribution in [0.2, 0.25) is 0 Å². The molecule has 7 nitrogen and oxygen atoms in total. The predicted octanol–water partition coefficient (Wildman–Crippen LogP) is 1.24. The Balaban J connectivity index is 2.50. The van der Waals surface area contributed by atoms with E-state index in [0.717, 1.165) is 10.7 Å². The van der Waals surface area contributed by atoms with Gasteiger partial charge >= 0.3 is 0 Å². The molecule has 11 heteroatoms. The highest BCUT2D eigenvalue weighted by Gasteiger charge is 2.26. The van der Waals surface area contributed by atoms with E-state index in [1.165, 1.54) is 7.05 Å². The number of hydrogen-bond donors (Lipinski definition) is 2. The van der Waals surface area contributed by atoms with Crippen molar-refractivity contribution >= 4 is 37.3 Å². The van der Waals surface area contributed by atoms with E-state index >= 15 is 0 Å². The molecule has 0 amide bonds. The average Bonchev–Trinajstić information content (AvgIpc) is 2.64. The van der Waals surface area contributed by atoms with Crippen molar-refractivity contribution in [2.45, 2.75) is 5.03 Å². The van der Waals surface area contributed by atoms with Gasteiger partial charge in [0.2, 0.25) is 5.03 Å². The summed E-state index contributed by atoms with van der Waals surface area (Å²) in [5.74, 6) is -2.04. The van der Waals surface area contributed by atoms with Crippen LogP contribution in [0.1, 0.15) is 0 Å². The van der Waals surface area contributed by atoms with Crippen LogP contribution >= 0.6 is 15.9 Å². The molecular formula is C9H8BrF2N5O2S. The lowest BCUT2D eigenvalue weighted by Gasteiger charge is -2.11. The van der Waals surface area contributed by atoms with E-state index in [0.29, 0.717) is 6.07 Å². The number of rotatable bonds is 3. The Labute approximate surface area is 120 Å². The fraction of sp³-hybridized carbons (Fsp3) is 0.111. The van der Waals surface area contributed by atoms with Crippen LogP contribution in [0.15, 0.2) is 21.8 Å². The van der Waals surface area contributed by atoms with Crippen molar-refractivity contribution in [1.82, 2.24) is 15.0 Å². The van der Waals surface area contributed by atoms with Crippen molar-refractivity contribution in [1.29, 1.82) is 0 Å². The number of nitrogens with one attached hydrogen (secondary N) is 1. The Hall–Kier alpha value is -1.75. The van der Waals surface area contributed by atoms with Crippen LogP contribution in [0.3, 0.4) is 0 Å². The van der Waals surface area contributed by atoms with Gasteiger partial charge in [0, 0.05) is 13.1 Å². The van der Waals surface area contributed by atoms with Gasteiger partial charge in [0.15, 0.2) is 10.4 Å². The molecule has 0 spiro atoms. The second-order valence-corrected chi connectivity index (χ2v) is 6.12. The number of nitrogens with zero attached hydrogens (tertiary/aromatic N) is 3. The van der Waals surface area contributed by atoms with Gasteiger partial charge in [-0.25, -0.2) is 13.5 Å². The Morgan fingerprint density at radius 3 is 2.55 bits per heavy atom. The third-order valence-electron chi connectivity index (χ3n) is 2.31. The van der Waals surface area contributed by atoms with Crippen molar-refractivity contribution in [3.8, 4) is 0 Å². The molecule has 1 aromatic heterocycles. The van der Waals surface area contributed by atoms with Gasteiger partial charge in [0.05, 0.1) is 5.69 Å². The third kappa shape index (κ3) is 2.58. The Kier molecular flexibility index (Phi) is 3.65. The van der Waals surface area contributed by atoms with Crippen molar-refractivity contribution in [3.05, 3.63) is 28.4 Å². The maximum Gasteiger partial charge on any atom is 0.282 e. The fourth-order valence-corrected chi connectivity index (χ4v) is 3.69. The first-order valence-electron chi connectivity index (χ1n) is 5.05. The minimum absolute atomic E-state index is 0.0476. The average molecular weight is 368 g/mol. The van der Waals surface area contributed by atoms with Crippen LogP contribution in [-0.4, -0.2) is 23.4 Å². The number of anilines is 2. The number of aryl methyl sites for hydroxylation is 1. The largest absolute Gasteiger partial charge is 0.397 e. The van der Waals surface area contributed by atoms with Crippen LogP contribution in [0.25, 0.3) is 0 Å². The first-order valence-corrected chi connectivity index (χ1v) is 7.32. The zero-order valence-electron chi connectivity index (χ0n) is 9.93. The number of nitrogen functional groups attached to an aromatic ring is 1. The van der Waals surface area contributed by atoms with Gasteiger partial charge < -0.3 is 5.73 Å². The summed E-state index contributed by atoms with van der Waals surface area (Å²) in [6, 6.07) is 1.32. The number of halogens is 3. The lowest BCUT2D eigenvalue weighted by atomic mass is 10.2. The van der Waals surface area contributed by atoms with Gasteiger partial charge in [-0.3, -0.25) is 4.72 Å². The molecule has 2 rings (SSSR count). The van der Waals surface area contributed by atoms with E-state index in [9.17, 15) is 17.2 Å². The summed E-state index contributed by atoms with van der Waals surface area (Å²) in [5, 5.41) is 6.69. The molecule has 0 aliphatic carbocycles. The molecule has 3 N–H and O–H groups in total. The fourth-order valence-electron chi connectivity index (χ4n) is 1.49. The highest BCUT2D eigenvalue weighted by molar-refractivity contribution is 9.10. The Bertz CT molecular complexity index is 734. The molecule has 108 valence electrons. The normalized spacial score (nSPS) is 11.6. The third-order valence-corrected chi connectivity index (χ3v) is 4.55. The van der Waals surface area contributed by atoms with Crippen molar-refractivity contribution in [3.63, 3.8) is 0 Å². The van der Waals surface area contributed by atoms with E-state index in [4.69, 9.17) is 5.73 Å². The minimum atomic E-state index is -4.19. The summed E-state index contributed by atoms with van der Waals surface area (Å²) in [7, 11) is -2.85. The van der Waals surface area contributed by atoms with Crippen molar-refractivity contribution in [2.24, 2.45) is 7.05 Å². The molecule has 0 aliphatic rings. The molecule has 1 heterocycles. The molecule has 20 heavy (non-hydrogen) atoms. The second kappa shape index (κ2) is 4.98. The molecule has 0 radical (unpaired) electrons. The first kappa shape index (κ1) is 14.7. The van der Waals surface area contributed by atoms with Crippen LogP contribution < -0.4 is 10.5 Å². The molecule has 0 saturated heterocycles. The number of aromatic nitrogens is 3. The van der Waals surface area contributed by atoms with Crippen LogP contribution in [0.5, 0.6) is 0 Å². The zero-order valence-corrected chi connectivity index (χ0v) is 12.3. The lowest BCUT2D eigenvalue weighted by molar-refractivity contribution is 0.574. The van der Waals surface area contributed by atoms with Crippen LogP contribution in [0.4, 0.5) is 20.2 Å². The van der Waals surface area contributed by atoms with Gasteiger partial charge in [-0.15, -0.1) is 5.10 Å². The van der Waals surface area contributed by atoms with Gasteiger partial charge in [-0.2, -0.15) is 8.42 Å². The maximum absolute atomic E-state index is 13.6. The summed E-state index contributed by atoms with van der Waals surface area (Å²) >= 11 is 2.92. The summed E-state index contributed by atoms with van der Waals surface area (Å²) < 4.78 is 53.6. The molecule has 0 unspecified atom stereocenters. The summed E-state index contributed by atoms with van der Waals surface area (Å²) in [4.78, 5) is 0. The molecule has 0 fully saturated rings. The molecular weight excluding hydrogens is 360 g/mol. The lowest BCUT2D eigenvalue weighted by Crippen LogP contribution is -2.19. The first-order chi connectivity index (χ1) is 9.22. The quantitative estimate of drug-likeness (QED) is 0.794. The van der Waals surface area contributed by atoms with Crippen molar-refractivity contribution in [2.75, 3.05) is 10.5 Å². The highest BCUT2D eigenvalue weighted by atomic mass is 79.9. The van der Waals surface area contributed by atoms with E-state index in [2.05, 4.69) is 26.2 Å². The van der Waals surface area contributed by atoms with Crippen molar-refractivity contribution < 1.29 is 17.2 Å². The van der Waals surface area contributed by atoms with E-state index < -0.39 is 27.3 Å². The molecule has 0 bridgehead atoms. The zero-order chi connectivity index (χ0) is 15.1. The maximum atomic E-state index is 13.6. The van der Waals surface area contributed by atoms with E-state index in [1.807, 2.05) is 4.72 Å².